The average Bonchev–Trinajstić information content (AvgIpc) is 2.85. The van der Waals surface area contributed by atoms with Gasteiger partial charge in [0, 0.05) is 19.0 Å². The van der Waals surface area contributed by atoms with Gasteiger partial charge in [-0.15, -0.1) is 0 Å². The largest absolute Gasteiger partial charge is 0.461 e. The first-order chi connectivity index (χ1) is 10.2. The van der Waals surface area contributed by atoms with Crippen LogP contribution in [0.25, 0.3) is 0 Å². The monoisotopic (exact) mass is 311 g/mol. The molecule has 2 aliphatic rings. The molecule has 116 valence electrons. The molecule has 2 N–H and O–H groups in total. The first-order valence-corrected chi connectivity index (χ1v) is 8.50. The van der Waals surface area contributed by atoms with Crippen LogP contribution >= 0.6 is 11.8 Å². The predicted octanol–water partition coefficient (Wildman–Crippen LogP) is 1.45. The van der Waals surface area contributed by atoms with Crippen LogP contribution in [-0.4, -0.2) is 45.6 Å². The molecule has 2 aliphatic heterocycles. The van der Waals surface area contributed by atoms with Crippen molar-refractivity contribution in [3.05, 3.63) is 12.4 Å². The highest BCUT2D eigenvalue weighted by Gasteiger charge is 2.40. The molecule has 1 spiro atoms. The zero-order valence-corrected chi connectivity index (χ0v) is 12.8. The second-order valence-corrected chi connectivity index (χ2v) is 6.94. The smallest absolute Gasteiger partial charge is 0.328 e. The summed E-state index contributed by atoms with van der Waals surface area (Å²) >= 11 is 1.97. The van der Waals surface area contributed by atoms with Gasteiger partial charge in [-0.25, -0.2) is 0 Å². The van der Waals surface area contributed by atoms with E-state index in [1.54, 1.807) is 6.20 Å². The van der Waals surface area contributed by atoms with E-state index >= 15 is 0 Å². The Morgan fingerprint density at radius 1 is 1.57 bits per heavy atom. The fourth-order valence-corrected chi connectivity index (χ4v) is 4.23. The first-order valence-electron chi connectivity index (χ1n) is 7.34. The third-order valence-corrected chi connectivity index (χ3v) is 5.08. The third-order valence-electron chi connectivity index (χ3n) is 4.09. The second-order valence-electron chi connectivity index (χ2n) is 5.72. The molecule has 1 atom stereocenters. The van der Waals surface area contributed by atoms with E-state index in [1.807, 2.05) is 11.8 Å². The van der Waals surface area contributed by atoms with Gasteiger partial charge < -0.3 is 15.2 Å². The lowest BCUT2D eigenvalue weighted by atomic mass is 9.86. The van der Waals surface area contributed by atoms with Gasteiger partial charge in [0.15, 0.2) is 0 Å². The van der Waals surface area contributed by atoms with Crippen molar-refractivity contribution in [2.24, 2.45) is 0 Å². The number of ether oxygens (including phenoxy) is 2. The molecule has 0 aromatic carbocycles. The summed E-state index contributed by atoms with van der Waals surface area (Å²) in [7, 11) is 0. The summed E-state index contributed by atoms with van der Waals surface area (Å²) in [6.07, 6.45) is 6.83. The highest BCUT2D eigenvalue weighted by Crippen LogP contribution is 2.38. The molecule has 21 heavy (non-hydrogen) atoms. The van der Waals surface area contributed by atoms with Gasteiger partial charge in [0.25, 0.3) is 0 Å². The van der Waals surface area contributed by atoms with Crippen LogP contribution in [0.5, 0.6) is 0 Å². The van der Waals surface area contributed by atoms with Gasteiger partial charge in [0.2, 0.25) is 0 Å². The number of esters is 1. The minimum Gasteiger partial charge on any atom is -0.461 e. The van der Waals surface area contributed by atoms with Crippen molar-refractivity contribution < 1.29 is 14.3 Å². The molecule has 3 heterocycles. The summed E-state index contributed by atoms with van der Waals surface area (Å²) in [5.74, 6) is 2.01. The molecule has 1 aromatic heterocycles. The summed E-state index contributed by atoms with van der Waals surface area (Å²) in [5.41, 5.74) is 6.06. The van der Waals surface area contributed by atoms with Crippen molar-refractivity contribution in [1.82, 2.24) is 9.78 Å². The van der Waals surface area contributed by atoms with Crippen LogP contribution < -0.4 is 5.73 Å². The highest BCUT2D eigenvalue weighted by atomic mass is 32.2. The Kier molecular flexibility index (Phi) is 4.40. The Labute approximate surface area is 128 Å². The van der Waals surface area contributed by atoms with Crippen LogP contribution in [-0.2, 0) is 20.8 Å². The van der Waals surface area contributed by atoms with E-state index < -0.39 is 0 Å². The van der Waals surface area contributed by atoms with Crippen molar-refractivity contribution in [1.29, 1.82) is 0 Å². The number of hydrogen-bond acceptors (Lipinski definition) is 6. The molecule has 3 rings (SSSR count). The summed E-state index contributed by atoms with van der Waals surface area (Å²) < 4.78 is 13.1. The van der Waals surface area contributed by atoms with Gasteiger partial charge >= 0.3 is 5.97 Å². The molecular weight excluding hydrogens is 290 g/mol. The number of nitrogen functional groups attached to an aromatic ring is 1. The molecule has 7 heteroatoms. The number of hydrogen-bond donors (Lipinski definition) is 1. The minimum absolute atomic E-state index is 0.0396. The number of rotatable bonds is 3. The van der Waals surface area contributed by atoms with E-state index in [4.69, 9.17) is 15.2 Å². The Morgan fingerprint density at radius 3 is 3.10 bits per heavy atom. The van der Waals surface area contributed by atoms with Gasteiger partial charge in [0.1, 0.15) is 12.6 Å². The summed E-state index contributed by atoms with van der Waals surface area (Å²) in [6.45, 7) is 0.786. The van der Waals surface area contributed by atoms with E-state index in [0.29, 0.717) is 12.3 Å². The number of nitrogens with zero attached hydrogens (tertiary/aromatic N) is 2. The summed E-state index contributed by atoms with van der Waals surface area (Å²) in [4.78, 5) is 12.0. The maximum absolute atomic E-state index is 12.0. The minimum atomic E-state index is -0.259. The zero-order valence-electron chi connectivity index (χ0n) is 12.0. The number of carbonyl (C=O) groups is 1. The average molecular weight is 311 g/mol. The van der Waals surface area contributed by atoms with Gasteiger partial charge in [-0.1, -0.05) is 0 Å². The van der Waals surface area contributed by atoms with Crippen molar-refractivity contribution in [2.75, 3.05) is 23.8 Å². The molecule has 1 unspecified atom stereocenters. The van der Waals surface area contributed by atoms with E-state index in [2.05, 4.69) is 5.10 Å². The molecule has 2 fully saturated rings. The first kappa shape index (κ1) is 14.7. The lowest BCUT2D eigenvalue weighted by Gasteiger charge is -2.42. The van der Waals surface area contributed by atoms with Crippen molar-refractivity contribution in [3.63, 3.8) is 0 Å². The summed E-state index contributed by atoms with van der Waals surface area (Å²) in [5, 5.41) is 4.00. The molecular formula is C14H21N3O3S. The number of anilines is 1. The van der Waals surface area contributed by atoms with Crippen LogP contribution in [0.1, 0.15) is 25.7 Å². The van der Waals surface area contributed by atoms with Gasteiger partial charge in [-0.05, 0) is 24.3 Å². The highest BCUT2D eigenvalue weighted by molar-refractivity contribution is 7.99. The quantitative estimate of drug-likeness (QED) is 0.851. The molecule has 0 saturated carbocycles. The lowest BCUT2D eigenvalue weighted by molar-refractivity contribution is -0.167. The molecule has 0 radical (unpaired) electrons. The normalized spacial score (nSPS) is 24.9. The Hall–Kier alpha value is -1.21. The Morgan fingerprint density at radius 2 is 2.38 bits per heavy atom. The second kappa shape index (κ2) is 6.27. The van der Waals surface area contributed by atoms with Crippen LogP contribution in [0.3, 0.4) is 0 Å². The lowest BCUT2D eigenvalue weighted by Crippen LogP contribution is -2.45. The molecule has 6 nitrogen and oxygen atoms in total. The summed E-state index contributed by atoms with van der Waals surface area (Å²) in [6, 6.07) is 0. The molecule has 0 amide bonds. The Balaban J connectivity index is 1.53. The fraction of sp³-hybridized carbons (Fsp3) is 0.714. The van der Waals surface area contributed by atoms with Crippen LogP contribution in [0.2, 0.25) is 0 Å². The van der Waals surface area contributed by atoms with Gasteiger partial charge in [0.05, 0.1) is 24.1 Å². The van der Waals surface area contributed by atoms with Crippen molar-refractivity contribution >= 4 is 23.4 Å². The SMILES string of the molecule is Nc1cnn(CC(=O)OC2CCOC3(CCSCC3)C2)c1. The van der Waals surface area contributed by atoms with Gasteiger partial charge in [-0.2, -0.15) is 16.9 Å². The van der Waals surface area contributed by atoms with E-state index in [9.17, 15) is 4.79 Å². The predicted molar refractivity (Wildman–Crippen MR) is 81.0 cm³/mol. The number of carbonyl (C=O) groups excluding carboxylic acids is 1. The maximum atomic E-state index is 12.0. The Bertz CT molecular complexity index is 494. The van der Waals surface area contributed by atoms with E-state index in [1.165, 1.54) is 10.9 Å². The van der Waals surface area contributed by atoms with Crippen LogP contribution in [0, 0.1) is 0 Å². The zero-order chi connectivity index (χ0) is 14.7. The standard InChI is InChI=1S/C14H21N3O3S/c15-11-8-16-17(9-11)10-13(18)20-12-1-4-19-14(7-12)2-5-21-6-3-14/h8-9,12H,1-7,10,15H2. The maximum Gasteiger partial charge on any atom is 0.328 e. The molecule has 0 aliphatic carbocycles. The fourth-order valence-electron chi connectivity index (χ4n) is 3.00. The van der Waals surface area contributed by atoms with Crippen LogP contribution in [0.15, 0.2) is 12.4 Å². The molecule has 0 bridgehead atoms. The van der Waals surface area contributed by atoms with Crippen molar-refractivity contribution in [3.8, 4) is 0 Å². The number of nitrogens with two attached hydrogens (primary N) is 1. The van der Waals surface area contributed by atoms with Crippen LogP contribution in [0.4, 0.5) is 5.69 Å². The van der Waals surface area contributed by atoms with Crippen molar-refractivity contribution in [2.45, 2.75) is 43.9 Å². The third kappa shape index (κ3) is 3.71. The molecule has 2 saturated heterocycles. The van der Waals surface area contributed by atoms with E-state index in [0.717, 1.165) is 37.2 Å². The topological polar surface area (TPSA) is 79.4 Å². The van der Waals surface area contributed by atoms with Gasteiger partial charge in [-0.3, -0.25) is 9.48 Å². The number of aromatic nitrogens is 2. The number of thioether (sulfide) groups is 1. The molecule has 1 aromatic rings. The van der Waals surface area contributed by atoms with E-state index in [-0.39, 0.29) is 24.2 Å².